The molecule has 0 saturated heterocycles. The van der Waals surface area contributed by atoms with Crippen molar-refractivity contribution in [1.82, 2.24) is 23.9 Å². The van der Waals surface area contributed by atoms with Crippen LogP contribution in [-0.4, -0.2) is 23.9 Å². The van der Waals surface area contributed by atoms with Crippen LogP contribution < -0.4 is 0 Å². The molecule has 0 radical (unpaired) electrons. The molecule has 0 unspecified atom stereocenters. The molecule has 5 heteroatoms. The molecule has 0 aliphatic rings. The summed E-state index contributed by atoms with van der Waals surface area (Å²) in [4.78, 5) is 15.8. The smallest absolute Gasteiger partial charge is 0.235 e. The summed E-state index contributed by atoms with van der Waals surface area (Å²) in [6.45, 7) is 0. The van der Waals surface area contributed by atoms with Crippen molar-refractivity contribution in [3.8, 4) is 17.2 Å². The minimum absolute atomic E-state index is 0.653. The molecule has 0 amide bonds. The minimum Gasteiger partial charge on any atom is -0.291 e. The first-order valence-corrected chi connectivity index (χ1v) is 16.2. The molecule has 5 nitrogen and oxygen atoms in total. The fourth-order valence-corrected chi connectivity index (χ4v) is 7.85. The van der Waals surface area contributed by atoms with Crippen LogP contribution >= 0.6 is 0 Å². The summed E-state index contributed by atoms with van der Waals surface area (Å²) in [6, 6.07) is 53.4. The van der Waals surface area contributed by atoms with E-state index in [-0.39, 0.29) is 0 Å². The molecular weight excluding hydrogens is 587 g/mol. The Kier molecular flexibility index (Phi) is 5.05. The van der Waals surface area contributed by atoms with Crippen LogP contribution in [0.3, 0.4) is 0 Å². The number of hydrogen-bond acceptors (Lipinski definition) is 3. The molecule has 0 aliphatic carbocycles. The topological polar surface area (TPSA) is 48.0 Å². The number of aromatic nitrogens is 5. The molecule has 0 aliphatic heterocycles. The Morgan fingerprint density at radius 2 is 1.06 bits per heavy atom. The molecule has 0 saturated carbocycles. The van der Waals surface area contributed by atoms with Crippen LogP contribution in [0, 0.1) is 0 Å². The van der Waals surface area contributed by atoms with Crippen molar-refractivity contribution >= 4 is 81.8 Å². The summed E-state index contributed by atoms with van der Waals surface area (Å²) < 4.78 is 4.61. The molecule has 0 N–H and O–H groups in total. The van der Waals surface area contributed by atoms with Gasteiger partial charge in [0.05, 0.1) is 38.8 Å². The lowest BCUT2D eigenvalue weighted by Gasteiger charge is -2.12. The van der Waals surface area contributed by atoms with E-state index in [4.69, 9.17) is 15.0 Å². The van der Waals surface area contributed by atoms with Crippen LogP contribution in [-0.2, 0) is 0 Å². The predicted octanol–water partition coefficient (Wildman–Crippen LogP) is 10.7. The van der Waals surface area contributed by atoms with Gasteiger partial charge in [-0.3, -0.25) is 8.97 Å². The van der Waals surface area contributed by atoms with Crippen LogP contribution in [0.15, 0.2) is 152 Å². The standard InChI is InChI=1S/C43H25N5/c1-2-12-27(13-3-1)40-31-17-6-9-19-33(31)45-43(46-40)47-36-21-11-8-18-32(36)39-37(47)25-23-26-22-24-34-41(38(26)39)48-35-20-10-7-15-29(35)28-14-4-5-16-30(28)42(48)44-34/h1-25H. The van der Waals surface area contributed by atoms with E-state index >= 15 is 0 Å². The fraction of sp³-hybridized carbons (Fsp3) is 0. The van der Waals surface area contributed by atoms with E-state index in [0.717, 1.165) is 66.2 Å². The van der Waals surface area contributed by atoms with Crippen LogP contribution in [0.1, 0.15) is 0 Å². The highest BCUT2D eigenvalue weighted by atomic mass is 15.2. The van der Waals surface area contributed by atoms with Gasteiger partial charge in [0.25, 0.3) is 0 Å². The Hall–Kier alpha value is -6.59. The largest absolute Gasteiger partial charge is 0.291 e. The molecular formula is C43H25N5. The molecule has 7 aromatic carbocycles. The third-order valence-corrected chi connectivity index (χ3v) is 9.87. The van der Waals surface area contributed by atoms with Gasteiger partial charge in [0.15, 0.2) is 0 Å². The van der Waals surface area contributed by atoms with Gasteiger partial charge in [0.1, 0.15) is 5.65 Å². The van der Waals surface area contributed by atoms with E-state index in [0.29, 0.717) is 5.95 Å². The minimum atomic E-state index is 0.653. The maximum absolute atomic E-state index is 5.31. The van der Waals surface area contributed by atoms with Crippen molar-refractivity contribution in [2.45, 2.75) is 0 Å². The average Bonchev–Trinajstić information content (AvgIpc) is 3.72. The molecule has 11 aromatic rings. The number of para-hydroxylation sites is 3. The number of rotatable bonds is 2. The van der Waals surface area contributed by atoms with Crippen molar-refractivity contribution in [2.75, 3.05) is 0 Å². The van der Waals surface area contributed by atoms with Crippen LogP contribution in [0.5, 0.6) is 0 Å². The van der Waals surface area contributed by atoms with Crippen molar-refractivity contribution in [1.29, 1.82) is 0 Å². The van der Waals surface area contributed by atoms with Gasteiger partial charge in [-0.1, -0.05) is 121 Å². The predicted molar refractivity (Wildman–Crippen MR) is 198 cm³/mol. The third-order valence-electron chi connectivity index (χ3n) is 9.87. The zero-order valence-electron chi connectivity index (χ0n) is 25.7. The second-order valence-corrected chi connectivity index (χ2v) is 12.4. The zero-order chi connectivity index (χ0) is 31.3. The van der Waals surface area contributed by atoms with E-state index < -0.39 is 0 Å². The lowest BCUT2D eigenvalue weighted by atomic mass is 10.0. The molecule has 4 heterocycles. The Morgan fingerprint density at radius 1 is 0.396 bits per heavy atom. The Morgan fingerprint density at radius 3 is 1.92 bits per heavy atom. The highest BCUT2D eigenvalue weighted by molar-refractivity contribution is 6.28. The Labute approximate surface area is 274 Å². The number of nitrogens with zero attached hydrogens (tertiary/aromatic N) is 5. The van der Waals surface area contributed by atoms with E-state index in [2.05, 4.69) is 148 Å². The third kappa shape index (κ3) is 3.37. The summed E-state index contributed by atoms with van der Waals surface area (Å²) in [5.74, 6) is 0.653. The summed E-state index contributed by atoms with van der Waals surface area (Å²) in [6.07, 6.45) is 0. The second-order valence-electron chi connectivity index (χ2n) is 12.4. The summed E-state index contributed by atoms with van der Waals surface area (Å²) in [7, 11) is 0. The second kappa shape index (κ2) is 9.47. The van der Waals surface area contributed by atoms with Crippen LogP contribution in [0.25, 0.3) is 99.0 Å². The number of benzene rings is 7. The highest BCUT2D eigenvalue weighted by Gasteiger charge is 2.22. The number of hydrogen-bond donors (Lipinski definition) is 0. The van der Waals surface area contributed by atoms with Gasteiger partial charge in [-0.25, -0.2) is 15.0 Å². The first kappa shape index (κ1) is 25.6. The molecule has 0 bridgehead atoms. The van der Waals surface area contributed by atoms with E-state index in [1.165, 1.54) is 26.9 Å². The lowest BCUT2D eigenvalue weighted by Crippen LogP contribution is -2.03. The SMILES string of the molecule is c1ccc(-c2nc(-n3c4ccccc4c4c5c(ccc6nc7c8ccccc8c8ccccc8n7c65)ccc43)nc3ccccc23)cc1. The van der Waals surface area contributed by atoms with Crippen LogP contribution in [0.4, 0.5) is 0 Å². The molecule has 0 spiro atoms. The highest BCUT2D eigenvalue weighted by Crippen LogP contribution is 2.42. The van der Waals surface area contributed by atoms with Gasteiger partial charge in [-0.05, 0) is 41.1 Å². The Bertz CT molecular complexity index is 3120. The maximum Gasteiger partial charge on any atom is 0.235 e. The van der Waals surface area contributed by atoms with Crippen molar-refractivity contribution in [3.63, 3.8) is 0 Å². The van der Waals surface area contributed by atoms with Gasteiger partial charge in [-0.15, -0.1) is 0 Å². The van der Waals surface area contributed by atoms with Gasteiger partial charge in [0.2, 0.25) is 5.95 Å². The van der Waals surface area contributed by atoms with Crippen molar-refractivity contribution in [3.05, 3.63) is 152 Å². The monoisotopic (exact) mass is 611 g/mol. The van der Waals surface area contributed by atoms with Gasteiger partial charge in [0, 0.05) is 37.9 Å². The quantitative estimate of drug-likeness (QED) is 0.183. The van der Waals surface area contributed by atoms with E-state index in [1.54, 1.807) is 0 Å². The molecule has 4 aromatic heterocycles. The molecule has 0 atom stereocenters. The van der Waals surface area contributed by atoms with Gasteiger partial charge < -0.3 is 0 Å². The Balaban J connectivity index is 1.34. The fourth-order valence-electron chi connectivity index (χ4n) is 7.85. The first-order chi connectivity index (χ1) is 23.8. The van der Waals surface area contributed by atoms with E-state index in [9.17, 15) is 0 Å². The molecule has 222 valence electrons. The lowest BCUT2D eigenvalue weighted by molar-refractivity contribution is 1.01. The number of imidazole rings is 1. The number of fused-ring (bicyclic) bond motifs is 15. The van der Waals surface area contributed by atoms with Crippen molar-refractivity contribution in [2.24, 2.45) is 0 Å². The summed E-state index contributed by atoms with van der Waals surface area (Å²) in [5.41, 5.74) is 9.23. The van der Waals surface area contributed by atoms with Crippen molar-refractivity contribution < 1.29 is 0 Å². The van der Waals surface area contributed by atoms with Gasteiger partial charge >= 0.3 is 0 Å². The normalized spacial score (nSPS) is 12.2. The summed E-state index contributed by atoms with van der Waals surface area (Å²) >= 11 is 0. The molecule has 48 heavy (non-hydrogen) atoms. The number of pyridine rings is 1. The zero-order valence-corrected chi connectivity index (χ0v) is 25.7. The van der Waals surface area contributed by atoms with Gasteiger partial charge in [-0.2, -0.15) is 0 Å². The molecule has 0 fully saturated rings. The average molecular weight is 612 g/mol. The van der Waals surface area contributed by atoms with Crippen LogP contribution in [0.2, 0.25) is 0 Å². The maximum atomic E-state index is 5.31. The summed E-state index contributed by atoms with van der Waals surface area (Å²) in [5, 5.41) is 9.28. The first-order valence-electron chi connectivity index (χ1n) is 16.2. The van der Waals surface area contributed by atoms with E-state index in [1.807, 2.05) is 12.1 Å². The molecule has 11 rings (SSSR count).